The third-order valence-electron chi connectivity index (χ3n) is 3.82. The number of nitrogens with zero attached hydrogens (tertiary/aromatic N) is 1. The Morgan fingerprint density at radius 2 is 2.23 bits per heavy atom. The van der Waals surface area contributed by atoms with E-state index < -0.39 is 18.6 Å². The van der Waals surface area contributed by atoms with Crippen molar-refractivity contribution in [1.82, 2.24) is 4.90 Å². The van der Waals surface area contributed by atoms with E-state index in [1.165, 1.54) is 18.2 Å². The number of halogens is 3. The average molecular weight is 334 g/mol. The topological polar surface area (TPSA) is 49.8 Å². The molecule has 2 unspecified atom stereocenters. The van der Waals surface area contributed by atoms with Crippen LogP contribution in [0.5, 0.6) is 5.75 Å². The number of alkyl halides is 2. The van der Waals surface area contributed by atoms with Crippen LogP contribution in [0, 0.1) is 5.92 Å². The van der Waals surface area contributed by atoms with Gasteiger partial charge in [-0.05, 0) is 38.0 Å². The number of carbonyl (C=O) groups is 1. The van der Waals surface area contributed by atoms with Crippen molar-refractivity contribution in [3.63, 3.8) is 0 Å². The number of hydrogen-bond donors (Lipinski definition) is 1. The minimum atomic E-state index is -3.01. The Morgan fingerprint density at radius 3 is 2.86 bits per heavy atom. The molecule has 1 saturated heterocycles. The number of benzene rings is 1. The van der Waals surface area contributed by atoms with Crippen LogP contribution >= 0.6 is 11.6 Å². The fourth-order valence-electron chi connectivity index (χ4n) is 2.63. The monoisotopic (exact) mass is 333 g/mol. The van der Waals surface area contributed by atoms with Crippen molar-refractivity contribution in [2.45, 2.75) is 32.5 Å². The number of aliphatic hydroxyl groups is 1. The van der Waals surface area contributed by atoms with Crippen LogP contribution in [-0.2, 0) is 0 Å². The molecule has 7 heteroatoms. The van der Waals surface area contributed by atoms with Gasteiger partial charge in [0.1, 0.15) is 5.75 Å². The van der Waals surface area contributed by atoms with Gasteiger partial charge in [0.25, 0.3) is 5.91 Å². The van der Waals surface area contributed by atoms with Gasteiger partial charge in [0.15, 0.2) is 0 Å². The summed E-state index contributed by atoms with van der Waals surface area (Å²) in [6.45, 7) is -0.428. The molecule has 0 saturated carbocycles. The van der Waals surface area contributed by atoms with Gasteiger partial charge >= 0.3 is 6.61 Å². The lowest BCUT2D eigenvalue weighted by Crippen LogP contribution is -2.43. The van der Waals surface area contributed by atoms with E-state index in [-0.39, 0.29) is 22.3 Å². The Balaban J connectivity index is 2.22. The minimum absolute atomic E-state index is 0.0130. The molecule has 1 aliphatic heterocycles. The second-order valence-corrected chi connectivity index (χ2v) is 5.85. The summed E-state index contributed by atoms with van der Waals surface area (Å²) in [4.78, 5) is 14.1. The van der Waals surface area contributed by atoms with E-state index in [2.05, 4.69) is 4.74 Å². The van der Waals surface area contributed by atoms with Crippen molar-refractivity contribution < 1.29 is 23.4 Å². The van der Waals surface area contributed by atoms with E-state index in [1.807, 2.05) is 0 Å². The van der Waals surface area contributed by atoms with Gasteiger partial charge in [-0.2, -0.15) is 8.78 Å². The predicted octanol–water partition coefficient (Wildman–Crippen LogP) is 3.17. The van der Waals surface area contributed by atoms with Crippen molar-refractivity contribution in [3.05, 3.63) is 28.8 Å². The minimum Gasteiger partial charge on any atom is -0.434 e. The number of piperidine rings is 1. The molecule has 2 atom stereocenters. The molecule has 0 radical (unpaired) electrons. The van der Waals surface area contributed by atoms with E-state index in [1.54, 1.807) is 11.8 Å². The molecular formula is C15H18ClF2NO3. The third kappa shape index (κ3) is 4.08. The molecule has 1 aliphatic rings. The molecule has 1 amide bonds. The Labute approximate surface area is 132 Å². The molecular weight excluding hydrogens is 316 g/mol. The van der Waals surface area contributed by atoms with Crippen molar-refractivity contribution >= 4 is 17.5 Å². The Morgan fingerprint density at radius 1 is 1.50 bits per heavy atom. The average Bonchev–Trinajstić information content (AvgIpc) is 2.48. The summed E-state index contributed by atoms with van der Waals surface area (Å²) in [6, 6.07) is 3.98. The van der Waals surface area contributed by atoms with Crippen LogP contribution in [0.25, 0.3) is 0 Å². The van der Waals surface area contributed by atoms with E-state index in [9.17, 15) is 18.7 Å². The smallest absolute Gasteiger partial charge is 0.387 e. The number of carbonyl (C=O) groups excluding carboxylic acids is 1. The van der Waals surface area contributed by atoms with Crippen LogP contribution in [0.3, 0.4) is 0 Å². The Bertz CT molecular complexity index is 540. The summed E-state index contributed by atoms with van der Waals surface area (Å²) < 4.78 is 29.3. The van der Waals surface area contributed by atoms with Crippen LogP contribution in [0.1, 0.15) is 30.1 Å². The number of likely N-dealkylation sites (tertiary alicyclic amines) is 1. The predicted molar refractivity (Wildman–Crippen MR) is 78.4 cm³/mol. The van der Waals surface area contributed by atoms with Gasteiger partial charge in [-0.25, -0.2) is 0 Å². The van der Waals surface area contributed by atoms with Gasteiger partial charge in [-0.15, -0.1) is 0 Å². The SMILES string of the molecule is CC(O)C1CCCN(C(=O)c2cc(Cl)ccc2OC(F)F)C1. The van der Waals surface area contributed by atoms with Gasteiger partial charge in [-0.3, -0.25) is 4.79 Å². The van der Waals surface area contributed by atoms with Crippen LogP contribution in [0.15, 0.2) is 18.2 Å². The first-order valence-corrected chi connectivity index (χ1v) is 7.48. The van der Waals surface area contributed by atoms with E-state index in [0.29, 0.717) is 13.1 Å². The molecule has 0 bridgehead atoms. The number of rotatable bonds is 4. The molecule has 1 heterocycles. The molecule has 4 nitrogen and oxygen atoms in total. The zero-order valence-corrected chi connectivity index (χ0v) is 12.9. The molecule has 122 valence electrons. The van der Waals surface area contributed by atoms with Gasteiger partial charge in [0, 0.05) is 24.0 Å². The molecule has 2 rings (SSSR count). The van der Waals surface area contributed by atoms with Gasteiger partial charge < -0.3 is 14.7 Å². The van der Waals surface area contributed by atoms with Gasteiger partial charge in [-0.1, -0.05) is 11.6 Å². The van der Waals surface area contributed by atoms with Crippen molar-refractivity contribution in [3.8, 4) is 5.75 Å². The highest BCUT2D eigenvalue weighted by atomic mass is 35.5. The van der Waals surface area contributed by atoms with Gasteiger partial charge in [0.2, 0.25) is 0 Å². The maximum atomic E-state index is 12.6. The standard InChI is InChI=1S/C15H18ClF2NO3/c1-9(20)10-3-2-6-19(8-10)14(21)12-7-11(16)4-5-13(12)22-15(17)18/h4-5,7,9-10,15,20H,2-3,6,8H2,1H3. The molecule has 0 spiro atoms. The summed E-state index contributed by atoms with van der Waals surface area (Å²) in [6.07, 6.45) is 1.07. The second kappa shape index (κ2) is 7.24. The zero-order valence-electron chi connectivity index (χ0n) is 12.1. The van der Waals surface area contributed by atoms with Crippen LogP contribution < -0.4 is 4.74 Å². The summed E-state index contributed by atoms with van der Waals surface area (Å²) in [7, 11) is 0. The van der Waals surface area contributed by atoms with E-state index in [4.69, 9.17) is 11.6 Å². The normalized spacial score (nSPS) is 20.1. The number of ether oxygens (including phenoxy) is 1. The number of hydrogen-bond acceptors (Lipinski definition) is 3. The summed E-state index contributed by atoms with van der Waals surface area (Å²) in [5, 5.41) is 9.95. The molecule has 0 aliphatic carbocycles. The summed E-state index contributed by atoms with van der Waals surface area (Å²) in [5.41, 5.74) is 0.0130. The lowest BCUT2D eigenvalue weighted by molar-refractivity contribution is -0.0503. The first kappa shape index (κ1) is 17.0. The first-order chi connectivity index (χ1) is 10.4. The lowest BCUT2D eigenvalue weighted by atomic mass is 9.93. The number of amides is 1. The number of aliphatic hydroxyl groups excluding tert-OH is 1. The first-order valence-electron chi connectivity index (χ1n) is 7.10. The molecule has 1 fully saturated rings. The molecule has 1 N–H and O–H groups in total. The Kier molecular flexibility index (Phi) is 5.58. The lowest BCUT2D eigenvalue weighted by Gasteiger charge is -2.34. The second-order valence-electron chi connectivity index (χ2n) is 5.41. The molecule has 1 aromatic carbocycles. The summed E-state index contributed by atoms with van der Waals surface area (Å²) in [5.74, 6) is -0.622. The van der Waals surface area contributed by atoms with Crippen LogP contribution in [0.2, 0.25) is 5.02 Å². The summed E-state index contributed by atoms with van der Waals surface area (Å²) >= 11 is 5.86. The third-order valence-corrected chi connectivity index (χ3v) is 4.05. The van der Waals surface area contributed by atoms with Crippen molar-refractivity contribution in [1.29, 1.82) is 0 Å². The highest BCUT2D eigenvalue weighted by molar-refractivity contribution is 6.31. The van der Waals surface area contributed by atoms with Gasteiger partial charge in [0.05, 0.1) is 11.7 Å². The molecule has 1 aromatic rings. The van der Waals surface area contributed by atoms with Crippen molar-refractivity contribution in [2.24, 2.45) is 5.92 Å². The molecule has 22 heavy (non-hydrogen) atoms. The van der Waals surface area contributed by atoms with Crippen LogP contribution in [0.4, 0.5) is 8.78 Å². The van der Waals surface area contributed by atoms with Crippen LogP contribution in [-0.4, -0.2) is 41.7 Å². The fraction of sp³-hybridized carbons (Fsp3) is 0.533. The Hall–Kier alpha value is -1.40. The van der Waals surface area contributed by atoms with Crippen molar-refractivity contribution in [2.75, 3.05) is 13.1 Å². The van der Waals surface area contributed by atoms with E-state index >= 15 is 0 Å². The zero-order chi connectivity index (χ0) is 16.3. The molecule has 0 aromatic heterocycles. The maximum Gasteiger partial charge on any atom is 0.387 e. The largest absolute Gasteiger partial charge is 0.434 e. The quantitative estimate of drug-likeness (QED) is 0.920. The fourth-order valence-corrected chi connectivity index (χ4v) is 2.80. The highest BCUT2D eigenvalue weighted by Gasteiger charge is 2.29. The highest BCUT2D eigenvalue weighted by Crippen LogP contribution is 2.28. The van der Waals surface area contributed by atoms with E-state index in [0.717, 1.165) is 12.8 Å². The maximum absolute atomic E-state index is 12.6.